The number of ether oxygens (including phenoxy) is 3. The van der Waals surface area contributed by atoms with Gasteiger partial charge in [-0.3, -0.25) is 9.59 Å². The number of benzene rings is 2. The van der Waals surface area contributed by atoms with Crippen LogP contribution in [-0.2, 0) is 9.59 Å². The van der Waals surface area contributed by atoms with Gasteiger partial charge in [0.05, 0.1) is 37.5 Å². The zero-order valence-corrected chi connectivity index (χ0v) is 20.0. The van der Waals surface area contributed by atoms with E-state index in [-0.39, 0.29) is 23.5 Å². The number of likely N-dealkylation sites (tertiary alicyclic amines) is 1. The van der Waals surface area contributed by atoms with Crippen molar-refractivity contribution in [2.24, 2.45) is 0 Å². The summed E-state index contributed by atoms with van der Waals surface area (Å²) in [5.41, 5.74) is 1.06. The molecule has 2 aromatic carbocycles. The average molecular weight is 466 g/mol. The Morgan fingerprint density at radius 2 is 1.74 bits per heavy atom. The minimum absolute atomic E-state index is 0.0301. The number of amides is 1. The molecular weight excluding hydrogens is 434 g/mol. The molecule has 0 bridgehead atoms. The number of aliphatic hydroxyl groups excluding tert-OH is 1. The first kappa shape index (κ1) is 23.7. The maximum absolute atomic E-state index is 13.4. The number of nitrogens with zero attached hydrogens (tertiary/aromatic N) is 1. The molecule has 4 rings (SSSR count). The molecule has 2 aromatic rings. The lowest BCUT2D eigenvalue weighted by atomic mass is 9.94. The second-order valence-corrected chi connectivity index (χ2v) is 8.95. The highest BCUT2D eigenvalue weighted by atomic mass is 16.5. The Hall–Kier alpha value is -3.48. The largest absolute Gasteiger partial charge is 0.507 e. The normalized spacial score (nSPS) is 20.3. The van der Waals surface area contributed by atoms with Crippen LogP contribution in [0.3, 0.4) is 0 Å². The fraction of sp³-hybridized carbons (Fsp3) is 0.407. The van der Waals surface area contributed by atoms with Gasteiger partial charge in [-0.05, 0) is 62.6 Å². The molecule has 1 amide bonds. The predicted octanol–water partition coefficient (Wildman–Crippen LogP) is 4.86. The molecule has 0 spiro atoms. The van der Waals surface area contributed by atoms with Crippen molar-refractivity contribution in [3.05, 3.63) is 59.2 Å². The van der Waals surface area contributed by atoms with Gasteiger partial charge in [-0.25, -0.2) is 0 Å². The quantitative estimate of drug-likeness (QED) is 0.357. The van der Waals surface area contributed by atoms with E-state index in [1.807, 2.05) is 38.1 Å². The lowest BCUT2D eigenvalue weighted by Gasteiger charge is -2.31. The van der Waals surface area contributed by atoms with Crippen molar-refractivity contribution in [3.63, 3.8) is 0 Å². The van der Waals surface area contributed by atoms with Gasteiger partial charge in [0.1, 0.15) is 23.0 Å². The summed E-state index contributed by atoms with van der Waals surface area (Å²) in [6.45, 7) is 3.87. The molecule has 7 heteroatoms. The summed E-state index contributed by atoms with van der Waals surface area (Å²) in [7, 11) is 3.00. The molecule has 0 aromatic heterocycles. The summed E-state index contributed by atoms with van der Waals surface area (Å²) in [4.78, 5) is 28.3. The highest BCUT2D eigenvalue weighted by Crippen LogP contribution is 2.45. The van der Waals surface area contributed by atoms with Crippen LogP contribution in [0.2, 0.25) is 0 Å². The number of hydrogen-bond donors (Lipinski definition) is 1. The topological polar surface area (TPSA) is 85.3 Å². The van der Waals surface area contributed by atoms with Gasteiger partial charge < -0.3 is 24.2 Å². The van der Waals surface area contributed by atoms with E-state index in [0.29, 0.717) is 28.4 Å². The summed E-state index contributed by atoms with van der Waals surface area (Å²) in [6, 6.07) is 11.6. The third-order valence-electron chi connectivity index (χ3n) is 6.41. The Labute approximate surface area is 199 Å². The molecule has 1 aliphatic carbocycles. The fourth-order valence-corrected chi connectivity index (χ4v) is 4.91. The van der Waals surface area contributed by atoms with Crippen LogP contribution in [0.15, 0.2) is 48.0 Å². The van der Waals surface area contributed by atoms with Gasteiger partial charge in [0.25, 0.3) is 11.7 Å². The minimum Gasteiger partial charge on any atom is -0.507 e. The number of carbonyl (C=O) groups is 2. The Balaban J connectivity index is 1.91. The second kappa shape index (κ2) is 9.79. The molecule has 180 valence electrons. The van der Waals surface area contributed by atoms with Crippen LogP contribution >= 0.6 is 0 Å². The van der Waals surface area contributed by atoms with Gasteiger partial charge in [0.2, 0.25) is 0 Å². The maximum atomic E-state index is 13.4. The first-order chi connectivity index (χ1) is 16.3. The Morgan fingerprint density at radius 3 is 2.38 bits per heavy atom. The third-order valence-corrected chi connectivity index (χ3v) is 6.41. The van der Waals surface area contributed by atoms with Crippen LogP contribution in [-0.4, -0.2) is 48.1 Å². The van der Waals surface area contributed by atoms with E-state index in [1.54, 1.807) is 23.1 Å². The van der Waals surface area contributed by atoms with Gasteiger partial charge in [-0.1, -0.05) is 25.0 Å². The van der Waals surface area contributed by atoms with E-state index in [1.165, 1.54) is 14.2 Å². The van der Waals surface area contributed by atoms with Crippen molar-refractivity contribution in [2.75, 3.05) is 14.2 Å². The van der Waals surface area contributed by atoms with E-state index in [0.717, 1.165) is 25.7 Å². The smallest absolute Gasteiger partial charge is 0.295 e. The molecule has 1 saturated heterocycles. The molecule has 1 atom stereocenters. The summed E-state index contributed by atoms with van der Waals surface area (Å²) in [5, 5.41) is 11.5. The van der Waals surface area contributed by atoms with Crippen LogP contribution in [0.25, 0.3) is 5.76 Å². The van der Waals surface area contributed by atoms with Gasteiger partial charge >= 0.3 is 0 Å². The zero-order chi connectivity index (χ0) is 24.4. The van der Waals surface area contributed by atoms with E-state index in [9.17, 15) is 14.7 Å². The second-order valence-electron chi connectivity index (χ2n) is 8.95. The monoisotopic (exact) mass is 465 g/mol. The molecule has 1 aliphatic heterocycles. The molecular formula is C27H31NO6. The van der Waals surface area contributed by atoms with E-state index < -0.39 is 17.7 Å². The molecule has 1 N–H and O–H groups in total. The molecule has 34 heavy (non-hydrogen) atoms. The first-order valence-corrected chi connectivity index (χ1v) is 11.6. The highest BCUT2D eigenvalue weighted by molar-refractivity contribution is 6.46. The maximum Gasteiger partial charge on any atom is 0.295 e. The lowest BCUT2D eigenvalue weighted by molar-refractivity contribution is -0.141. The highest BCUT2D eigenvalue weighted by Gasteiger charge is 2.49. The van der Waals surface area contributed by atoms with Crippen LogP contribution in [0.4, 0.5) is 0 Å². The van der Waals surface area contributed by atoms with Crippen molar-refractivity contribution in [3.8, 4) is 17.2 Å². The van der Waals surface area contributed by atoms with Gasteiger partial charge in [-0.15, -0.1) is 0 Å². The predicted molar refractivity (Wildman–Crippen MR) is 128 cm³/mol. The summed E-state index contributed by atoms with van der Waals surface area (Å²) >= 11 is 0. The van der Waals surface area contributed by atoms with Crippen molar-refractivity contribution in [2.45, 2.75) is 57.7 Å². The number of rotatable bonds is 7. The lowest BCUT2D eigenvalue weighted by Crippen LogP contribution is -2.37. The van der Waals surface area contributed by atoms with E-state index in [4.69, 9.17) is 14.2 Å². The minimum atomic E-state index is -0.727. The molecule has 1 heterocycles. The molecule has 0 radical (unpaired) electrons. The van der Waals surface area contributed by atoms with Crippen LogP contribution < -0.4 is 14.2 Å². The molecule has 2 aliphatic rings. The molecule has 1 saturated carbocycles. The van der Waals surface area contributed by atoms with E-state index >= 15 is 0 Å². The summed E-state index contributed by atoms with van der Waals surface area (Å²) < 4.78 is 16.6. The first-order valence-electron chi connectivity index (χ1n) is 11.6. The molecule has 2 fully saturated rings. The number of hydrogen-bond acceptors (Lipinski definition) is 6. The summed E-state index contributed by atoms with van der Waals surface area (Å²) in [5.74, 6) is -0.0551. The number of Topliss-reactive ketones (excluding diaryl/α,β-unsaturated/α-hetero) is 1. The van der Waals surface area contributed by atoms with Crippen molar-refractivity contribution < 1.29 is 28.9 Å². The SMILES string of the molecule is COc1ccc(OC)c(/C(O)=C2\C(=O)C(=O)N(C3CCCC3)C2c2cccc(OC(C)C)c2)c1. The molecule has 7 nitrogen and oxygen atoms in total. The zero-order valence-electron chi connectivity index (χ0n) is 20.0. The van der Waals surface area contributed by atoms with Gasteiger partial charge in [-0.2, -0.15) is 0 Å². The Morgan fingerprint density at radius 1 is 1.00 bits per heavy atom. The average Bonchev–Trinajstić information content (AvgIpc) is 3.44. The molecule has 1 unspecified atom stereocenters. The van der Waals surface area contributed by atoms with Gasteiger partial charge in [0.15, 0.2) is 0 Å². The third kappa shape index (κ3) is 4.34. The summed E-state index contributed by atoms with van der Waals surface area (Å²) in [6.07, 6.45) is 3.63. The van der Waals surface area contributed by atoms with Crippen LogP contribution in [0, 0.1) is 0 Å². The van der Waals surface area contributed by atoms with Crippen LogP contribution in [0.5, 0.6) is 17.2 Å². The Kier molecular flexibility index (Phi) is 6.82. The number of carbonyl (C=O) groups excluding carboxylic acids is 2. The number of aliphatic hydroxyl groups is 1. The van der Waals surface area contributed by atoms with Crippen molar-refractivity contribution >= 4 is 17.4 Å². The van der Waals surface area contributed by atoms with Gasteiger partial charge in [0, 0.05) is 6.04 Å². The van der Waals surface area contributed by atoms with Crippen molar-refractivity contribution in [1.29, 1.82) is 0 Å². The Bertz CT molecular complexity index is 1120. The standard InChI is InChI=1S/C27H31NO6/c1-16(2)34-20-11-7-8-17(14-20)24-23(26(30)27(31)28(24)18-9-5-6-10-18)25(29)21-15-19(32-3)12-13-22(21)33-4/h7-8,11-16,18,24,29H,5-6,9-10H2,1-4H3/b25-23+. The van der Waals surface area contributed by atoms with E-state index in [2.05, 4.69) is 0 Å². The number of ketones is 1. The fourth-order valence-electron chi connectivity index (χ4n) is 4.91. The van der Waals surface area contributed by atoms with Crippen molar-refractivity contribution in [1.82, 2.24) is 4.90 Å². The van der Waals surface area contributed by atoms with Crippen LogP contribution in [0.1, 0.15) is 56.7 Å². The number of methoxy groups -OCH3 is 2.